The Bertz CT molecular complexity index is 1870. The molecule has 0 aromatic heterocycles. The second-order valence-electron chi connectivity index (χ2n) is 28.8. The highest BCUT2D eigenvalue weighted by Crippen LogP contribution is 2.45. The minimum Gasteiger partial charge on any atom is -0.462 e. The van der Waals surface area contributed by atoms with Gasteiger partial charge in [-0.15, -0.1) is 0 Å². The normalized spacial score (nSPS) is 14.2. The van der Waals surface area contributed by atoms with Gasteiger partial charge < -0.3 is 33.8 Å². The minimum atomic E-state index is -4.96. The van der Waals surface area contributed by atoms with Gasteiger partial charge in [0.15, 0.2) is 12.2 Å². The number of phosphoric acid groups is 2. The number of hydrogen-bond acceptors (Lipinski definition) is 15. The van der Waals surface area contributed by atoms with Crippen LogP contribution in [0.15, 0.2) is 0 Å². The van der Waals surface area contributed by atoms with Crippen LogP contribution >= 0.6 is 15.6 Å². The molecule has 0 amide bonds. The maximum absolute atomic E-state index is 13.1. The third-order valence-electron chi connectivity index (χ3n) is 18.6. The first-order chi connectivity index (χ1) is 46.9. The highest BCUT2D eigenvalue weighted by molar-refractivity contribution is 7.47. The fourth-order valence-electron chi connectivity index (χ4n) is 12.0. The Morgan fingerprint density at radius 3 is 0.784 bits per heavy atom. The van der Waals surface area contributed by atoms with Gasteiger partial charge in [0.05, 0.1) is 26.4 Å². The number of carbonyl (C=O) groups excluding carboxylic acids is 4. The van der Waals surface area contributed by atoms with Crippen molar-refractivity contribution in [2.24, 2.45) is 11.8 Å². The molecule has 97 heavy (non-hydrogen) atoms. The second kappa shape index (κ2) is 69.8. The maximum atomic E-state index is 13.1. The molecule has 0 heterocycles. The van der Waals surface area contributed by atoms with E-state index in [1.54, 1.807) is 0 Å². The summed E-state index contributed by atoms with van der Waals surface area (Å²) >= 11 is 0. The van der Waals surface area contributed by atoms with E-state index in [9.17, 15) is 43.2 Å². The number of phosphoric ester groups is 2. The fraction of sp³-hybridized carbons (Fsp3) is 0.949. The van der Waals surface area contributed by atoms with Gasteiger partial charge in [-0.25, -0.2) is 9.13 Å². The van der Waals surface area contributed by atoms with Crippen LogP contribution in [0.25, 0.3) is 0 Å². The van der Waals surface area contributed by atoms with E-state index in [1.165, 1.54) is 225 Å². The molecule has 0 rings (SSSR count). The first-order valence-electron chi connectivity index (χ1n) is 40.5. The summed E-state index contributed by atoms with van der Waals surface area (Å²) in [6.07, 6.45) is 58.0. The molecule has 0 aromatic rings. The first kappa shape index (κ1) is 95.1. The van der Waals surface area contributed by atoms with E-state index in [-0.39, 0.29) is 25.7 Å². The summed E-state index contributed by atoms with van der Waals surface area (Å²) < 4.78 is 68.6. The van der Waals surface area contributed by atoms with Gasteiger partial charge in [0.2, 0.25) is 0 Å². The molecule has 0 saturated carbocycles. The van der Waals surface area contributed by atoms with Gasteiger partial charge in [-0.1, -0.05) is 356 Å². The van der Waals surface area contributed by atoms with Crippen molar-refractivity contribution in [3.05, 3.63) is 0 Å². The molecule has 17 nitrogen and oxygen atoms in total. The SMILES string of the molecule is CCCCCCCCCCCCCCCC(=O)O[C@H](COC(=O)CCCCCCCCCCCC)COP(=O)(O)OC[C@H](O)COP(=O)(O)OC[C@@H](COC(=O)CCCCCCCCCCCCCCCC(C)C)OC(=O)CCCCCCCCCCCCCCCCC(C)CC. The Morgan fingerprint density at radius 2 is 0.526 bits per heavy atom. The lowest BCUT2D eigenvalue weighted by Crippen LogP contribution is -2.30. The van der Waals surface area contributed by atoms with Gasteiger partial charge >= 0.3 is 39.5 Å². The average Bonchev–Trinajstić information content (AvgIpc) is 1.37. The number of ether oxygens (including phenoxy) is 4. The van der Waals surface area contributed by atoms with Crippen molar-refractivity contribution in [2.45, 2.75) is 426 Å². The average molecular weight is 1420 g/mol. The third kappa shape index (κ3) is 70.9. The predicted molar refractivity (Wildman–Crippen MR) is 395 cm³/mol. The van der Waals surface area contributed by atoms with Gasteiger partial charge in [-0.05, 0) is 37.5 Å². The van der Waals surface area contributed by atoms with E-state index < -0.39 is 97.5 Å². The van der Waals surface area contributed by atoms with Crippen LogP contribution < -0.4 is 0 Å². The molecule has 19 heteroatoms. The van der Waals surface area contributed by atoms with Crippen molar-refractivity contribution in [3.63, 3.8) is 0 Å². The zero-order valence-corrected chi connectivity index (χ0v) is 65.2. The first-order valence-corrected chi connectivity index (χ1v) is 43.5. The van der Waals surface area contributed by atoms with Crippen LogP contribution in [0.3, 0.4) is 0 Å². The molecule has 0 saturated heterocycles. The van der Waals surface area contributed by atoms with Crippen molar-refractivity contribution in [1.82, 2.24) is 0 Å². The predicted octanol–water partition coefficient (Wildman–Crippen LogP) is 23.1. The summed E-state index contributed by atoms with van der Waals surface area (Å²) in [6, 6.07) is 0. The van der Waals surface area contributed by atoms with Crippen LogP contribution in [-0.4, -0.2) is 96.7 Å². The van der Waals surface area contributed by atoms with Crippen LogP contribution in [-0.2, 0) is 65.4 Å². The van der Waals surface area contributed by atoms with Crippen LogP contribution in [0.2, 0.25) is 0 Å². The van der Waals surface area contributed by atoms with Gasteiger partial charge in [0.1, 0.15) is 19.3 Å². The third-order valence-corrected chi connectivity index (χ3v) is 20.5. The molecule has 6 atom stereocenters. The second-order valence-corrected chi connectivity index (χ2v) is 31.7. The smallest absolute Gasteiger partial charge is 0.462 e. The number of aliphatic hydroxyl groups is 1. The molecule has 0 fully saturated rings. The minimum absolute atomic E-state index is 0.108. The molecule has 0 aliphatic heterocycles. The van der Waals surface area contributed by atoms with Crippen molar-refractivity contribution in [3.8, 4) is 0 Å². The molecule has 0 aliphatic rings. The lowest BCUT2D eigenvalue weighted by molar-refractivity contribution is -0.161. The molecule has 3 unspecified atom stereocenters. The zero-order valence-electron chi connectivity index (χ0n) is 63.4. The summed E-state index contributed by atoms with van der Waals surface area (Å²) in [7, 11) is -9.91. The number of hydrogen-bond donors (Lipinski definition) is 3. The summed E-state index contributed by atoms with van der Waals surface area (Å²) in [4.78, 5) is 72.9. The van der Waals surface area contributed by atoms with Gasteiger partial charge in [0, 0.05) is 25.7 Å². The lowest BCUT2D eigenvalue weighted by Gasteiger charge is -2.21. The Balaban J connectivity index is 5.24. The fourth-order valence-corrected chi connectivity index (χ4v) is 13.6. The molecule has 0 bridgehead atoms. The van der Waals surface area contributed by atoms with Crippen LogP contribution in [0.5, 0.6) is 0 Å². The summed E-state index contributed by atoms with van der Waals surface area (Å²) in [5.74, 6) is -0.474. The summed E-state index contributed by atoms with van der Waals surface area (Å²) in [6.45, 7) is 9.68. The molecule has 3 N–H and O–H groups in total. The van der Waals surface area contributed by atoms with E-state index in [0.29, 0.717) is 25.7 Å². The van der Waals surface area contributed by atoms with Crippen molar-refractivity contribution < 1.29 is 80.2 Å². The largest absolute Gasteiger partial charge is 0.472 e. The van der Waals surface area contributed by atoms with Crippen LogP contribution in [0.4, 0.5) is 0 Å². The maximum Gasteiger partial charge on any atom is 0.472 e. The van der Waals surface area contributed by atoms with E-state index in [2.05, 4.69) is 41.5 Å². The lowest BCUT2D eigenvalue weighted by atomic mass is 9.99. The Labute approximate surface area is 594 Å². The number of unbranched alkanes of at least 4 members (excludes halogenated alkanes) is 46. The molecule has 0 aliphatic carbocycles. The Morgan fingerprint density at radius 1 is 0.299 bits per heavy atom. The molecule has 576 valence electrons. The van der Waals surface area contributed by atoms with Crippen molar-refractivity contribution >= 4 is 39.5 Å². The highest BCUT2D eigenvalue weighted by atomic mass is 31.2. The van der Waals surface area contributed by atoms with Gasteiger partial charge in [-0.2, -0.15) is 0 Å². The molecule has 0 spiro atoms. The van der Waals surface area contributed by atoms with E-state index in [1.807, 2.05) is 0 Å². The van der Waals surface area contributed by atoms with E-state index in [0.717, 1.165) is 102 Å². The quantitative estimate of drug-likeness (QED) is 0.0222. The van der Waals surface area contributed by atoms with Crippen LogP contribution in [0, 0.1) is 11.8 Å². The zero-order chi connectivity index (χ0) is 71.4. The number of carbonyl (C=O) groups is 4. The standard InChI is InChI=1S/C78H152O17P2/c1-7-10-12-14-16-18-20-24-32-38-44-50-56-62-77(82)94-73(66-88-75(80)60-54-48-42-36-19-17-15-13-11-8-2)68-92-96(84,85)90-64-72(79)65-91-97(86,87)93-69-74(67-89-76(81)61-55-49-43-37-31-28-23-25-29-34-40-46-52-58-70(4)5)95-78(83)63-57-51-45-39-33-27-22-21-26-30-35-41-47-53-59-71(6)9-3/h70-74,79H,7-69H2,1-6H3,(H,84,85)(H,86,87)/t71?,72-,73+,74+/m0/s1. The Hall–Kier alpha value is -1.94. The number of rotatable bonds is 77. The van der Waals surface area contributed by atoms with E-state index in [4.69, 9.17) is 37.0 Å². The topological polar surface area (TPSA) is 237 Å². The van der Waals surface area contributed by atoms with Gasteiger partial charge in [0.25, 0.3) is 0 Å². The summed E-state index contributed by atoms with van der Waals surface area (Å²) in [5.41, 5.74) is 0. The summed E-state index contributed by atoms with van der Waals surface area (Å²) in [5, 5.41) is 10.6. The molecular formula is C78H152O17P2. The monoisotopic (exact) mass is 1420 g/mol. The molecule has 0 radical (unpaired) electrons. The molecule has 0 aromatic carbocycles. The van der Waals surface area contributed by atoms with Crippen molar-refractivity contribution in [2.75, 3.05) is 39.6 Å². The Kier molecular flexibility index (Phi) is 68.4. The van der Waals surface area contributed by atoms with Crippen LogP contribution in [0.1, 0.15) is 408 Å². The van der Waals surface area contributed by atoms with Gasteiger partial charge in [-0.3, -0.25) is 37.3 Å². The number of aliphatic hydroxyl groups excluding tert-OH is 1. The molecular weight excluding hydrogens is 1270 g/mol. The number of esters is 4. The van der Waals surface area contributed by atoms with E-state index >= 15 is 0 Å². The highest BCUT2D eigenvalue weighted by Gasteiger charge is 2.30. The van der Waals surface area contributed by atoms with Crippen molar-refractivity contribution in [1.29, 1.82) is 0 Å².